The number of anilines is 2. The third-order valence-electron chi connectivity index (χ3n) is 4.30. The first-order valence-electron chi connectivity index (χ1n) is 8.54. The molecule has 0 aliphatic carbocycles. The van der Waals surface area contributed by atoms with Crippen molar-refractivity contribution in [3.63, 3.8) is 0 Å². The second-order valence-electron chi connectivity index (χ2n) is 6.16. The molecule has 0 amide bonds. The van der Waals surface area contributed by atoms with Gasteiger partial charge in [-0.05, 0) is 31.2 Å². The fourth-order valence-corrected chi connectivity index (χ4v) is 3.04. The first kappa shape index (κ1) is 15.4. The molecule has 0 atom stereocenters. The van der Waals surface area contributed by atoms with Crippen molar-refractivity contribution in [1.29, 1.82) is 0 Å². The van der Waals surface area contributed by atoms with E-state index in [1.54, 1.807) is 12.5 Å². The summed E-state index contributed by atoms with van der Waals surface area (Å²) >= 11 is 0. The van der Waals surface area contributed by atoms with Crippen LogP contribution in [0.1, 0.15) is 5.69 Å². The van der Waals surface area contributed by atoms with E-state index < -0.39 is 0 Å². The minimum Gasteiger partial charge on any atom is -0.338 e. The Hall–Kier alpha value is -3.87. The number of H-pyrrole nitrogens is 1. The topological polar surface area (TPSA) is 92.3 Å². The van der Waals surface area contributed by atoms with Crippen molar-refractivity contribution in [3.05, 3.63) is 66.7 Å². The summed E-state index contributed by atoms with van der Waals surface area (Å²) in [7, 11) is 0. The number of pyridine rings is 2. The summed E-state index contributed by atoms with van der Waals surface area (Å²) in [5.41, 5.74) is 4.78. The summed E-state index contributed by atoms with van der Waals surface area (Å²) in [4.78, 5) is 25.6. The molecular weight excluding hydrogens is 338 g/mol. The van der Waals surface area contributed by atoms with Crippen LogP contribution in [-0.2, 0) is 0 Å². The summed E-state index contributed by atoms with van der Waals surface area (Å²) in [6.07, 6.45) is 3.39. The van der Waals surface area contributed by atoms with Crippen LogP contribution in [0.3, 0.4) is 0 Å². The molecule has 1 aromatic carbocycles. The van der Waals surface area contributed by atoms with E-state index in [4.69, 9.17) is 4.98 Å². The predicted molar refractivity (Wildman–Crippen MR) is 105 cm³/mol. The lowest BCUT2D eigenvalue weighted by Gasteiger charge is -2.10. The van der Waals surface area contributed by atoms with Crippen molar-refractivity contribution in [2.75, 3.05) is 5.32 Å². The molecule has 5 rings (SSSR count). The van der Waals surface area contributed by atoms with Gasteiger partial charge in [-0.1, -0.05) is 24.3 Å². The molecule has 7 heteroatoms. The lowest BCUT2D eigenvalue weighted by Crippen LogP contribution is -2.01. The van der Waals surface area contributed by atoms with E-state index in [0.717, 1.165) is 22.3 Å². The van der Waals surface area contributed by atoms with Crippen molar-refractivity contribution in [3.8, 4) is 11.5 Å². The second-order valence-corrected chi connectivity index (χ2v) is 6.16. The normalized spacial score (nSPS) is 11.1. The molecular formula is C20H15N7. The SMILES string of the molecule is Cc1cccc(-c2nc(Nc3ccnc4ccccc34)c3nc[nH]c3n2)n1. The van der Waals surface area contributed by atoms with Crippen LogP contribution < -0.4 is 5.32 Å². The van der Waals surface area contributed by atoms with Crippen molar-refractivity contribution in [2.24, 2.45) is 0 Å². The van der Waals surface area contributed by atoms with E-state index in [2.05, 4.69) is 30.2 Å². The number of nitrogens with one attached hydrogen (secondary N) is 2. The molecule has 0 unspecified atom stereocenters. The van der Waals surface area contributed by atoms with Crippen molar-refractivity contribution < 1.29 is 0 Å². The lowest BCUT2D eigenvalue weighted by atomic mass is 10.2. The van der Waals surface area contributed by atoms with Crippen molar-refractivity contribution in [2.45, 2.75) is 6.92 Å². The highest BCUT2D eigenvalue weighted by Crippen LogP contribution is 2.28. The maximum Gasteiger partial charge on any atom is 0.182 e. The van der Waals surface area contributed by atoms with Gasteiger partial charge < -0.3 is 10.3 Å². The monoisotopic (exact) mass is 353 g/mol. The fourth-order valence-electron chi connectivity index (χ4n) is 3.04. The van der Waals surface area contributed by atoms with E-state index in [1.807, 2.05) is 55.5 Å². The molecule has 0 bridgehead atoms. The standard InChI is InChI=1S/C20H15N7/c1-12-5-4-8-16(24-12)18-26-19-17(22-11-23-19)20(27-18)25-15-9-10-21-14-7-3-2-6-13(14)15/h2-11H,1H3,(H2,21,22,23,25,26,27). The molecule has 0 spiro atoms. The summed E-state index contributed by atoms with van der Waals surface area (Å²) in [6, 6.07) is 15.7. The maximum atomic E-state index is 4.70. The highest BCUT2D eigenvalue weighted by atomic mass is 15.1. The third-order valence-corrected chi connectivity index (χ3v) is 4.30. The summed E-state index contributed by atoms with van der Waals surface area (Å²) in [5, 5.41) is 4.41. The third kappa shape index (κ3) is 2.75. The van der Waals surface area contributed by atoms with Crippen LogP contribution in [0.4, 0.5) is 11.5 Å². The number of aryl methyl sites for hydroxylation is 1. The van der Waals surface area contributed by atoms with E-state index >= 15 is 0 Å². The summed E-state index contributed by atoms with van der Waals surface area (Å²) in [6.45, 7) is 1.94. The number of fused-ring (bicyclic) bond motifs is 2. The molecule has 0 saturated heterocycles. The second kappa shape index (κ2) is 6.14. The number of hydrogen-bond donors (Lipinski definition) is 2. The molecule has 0 aliphatic rings. The van der Waals surface area contributed by atoms with E-state index in [-0.39, 0.29) is 0 Å². The molecule has 4 aromatic heterocycles. The Kier molecular flexibility index (Phi) is 3.50. The van der Waals surface area contributed by atoms with Gasteiger partial charge in [0.25, 0.3) is 0 Å². The number of aromatic amines is 1. The number of imidazole rings is 1. The highest BCUT2D eigenvalue weighted by Gasteiger charge is 2.14. The van der Waals surface area contributed by atoms with Gasteiger partial charge in [0.15, 0.2) is 22.8 Å². The lowest BCUT2D eigenvalue weighted by molar-refractivity contribution is 1.13. The van der Waals surface area contributed by atoms with Crippen LogP contribution in [0.2, 0.25) is 0 Å². The van der Waals surface area contributed by atoms with E-state index in [9.17, 15) is 0 Å². The number of aromatic nitrogens is 6. The van der Waals surface area contributed by atoms with Crippen molar-refractivity contribution >= 4 is 33.6 Å². The van der Waals surface area contributed by atoms with Crippen LogP contribution in [-0.4, -0.2) is 29.9 Å². The van der Waals surface area contributed by atoms with Crippen molar-refractivity contribution in [1.82, 2.24) is 29.9 Å². The average molecular weight is 353 g/mol. The predicted octanol–water partition coefficient (Wildman–Crippen LogP) is 4.02. The average Bonchev–Trinajstić information content (AvgIpc) is 3.17. The van der Waals surface area contributed by atoms with Gasteiger partial charge in [0.2, 0.25) is 0 Å². The highest BCUT2D eigenvalue weighted by molar-refractivity contribution is 5.95. The van der Waals surface area contributed by atoms with Gasteiger partial charge in [-0.3, -0.25) is 4.98 Å². The molecule has 7 nitrogen and oxygen atoms in total. The molecule has 0 radical (unpaired) electrons. The van der Waals surface area contributed by atoms with Crippen LogP contribution in [0.5, 0.6) is 0 Å². The summed E-state index contributed by atoms with van der Waals surface area (Å²) in [5.74, 6) is 1.16. The Labute approximate surface area is 154 Å². The van der Waals surface area contributed by atoms with E-state index in [1.165, 1.54) is 0 Å². The number of para-hydroxylation sites is 1. The molecule has 27 heavy (non-hydrogen) atoms. The van der Waals surface area contributed by atoms with Gasteiger partial charge in [0.05, 0.1) is 17.5 Å². The molecule has 5 aromatic rings. The number of benzene rings is 1. The zero-order valence-electron chi connectivity index (χ0n) is 14.5. The van der Waals surface area contributed by atoms with Gasteiger partial charge in [-0.15, -0.1) is 0 Å². The minimum absolute atomic E-state index is 0.538. The largest absolute Gasteiger partial charge is 0.338 e. The number of nitrogens with zero attached hydrogens (tertiary/aromatic N) is 5. The molecule has 0 saturated carbocycles. The number of rotatable bonds is 3. The molecule has 4 heterocycles. The zero-order chi connectivity index (χ0) is 18.2. The first-order chi connectivity index (χ1) is 13.3. The van der Waals surface area contributed by atoms with Gasteiger partial charge >= 0.3 is 0 Å². The smallest absolute Gasteiger partial charge is 0.182 e. The van der Waals surface area contributed by atoms with Gasteiger partial charge in [0, 0.05) is 17.3 Å². The van der Waals surface area contributed by atoms with Crippen LogP contribution in [0, 0.1) is 6.92 Å². The first-order valence-corrected chi connectivity index (χ1v) is 8.54. The molecule has 0 aliphatic heterocycles. The van der Waals surface area contributed by atoms with Crippen LogP contribution in [0.25, 0.3) is 33.6 Å². The Bertz CT molecular complexity index is 1270. The zero-order valence-corrected chi connectivity index (χ0v) is 14.5. The van der Waals surface area contributed by atoms with Gasteiger partial charge in [0.1, 0.15) is 5.69 Å². The Morgan fingerprint density at radius 2 is 1.81 bits per heavy atom. The fraction of sp³-hybridized carbons (Fsp3) is 0.0500. The Morgan fingerprint density at radius 3 is 2.74 bits per heavy atom. The maximum absolute atomic E-state index is 4.70. The molecule has 130 valence electrons. The van der Waals surface area contributed by atoms with Gasteiger partial charge in [-0.25, -0.2) is 19.9 Å². The van der Waals surface area contributed by atoms with E-state index in [0.29, 0.717) is 28.5 Å². The van der Waals surface area contributed by atoms with Gasteiger partial charge in [-0.2, -0.15) is 0 Å². The number of hydrogen-bond acceptors (Lipinski definition) is 6. The minimum atomic E-state index is 0.538. The van der Waals surface area contributed by atoms with Crippen LogP contribution in [0.15, 0.2) is 61.1 Å². The Morgan fingerprint density at radius 1 is 0.889 bits per heavy atom. The molecule has 2 N–H and O–H groups in total. The van der Waals surface area contributed by atoms with Crippen LogP contribution >= 0.6 is 0 Å². The Balaban J connectivity index is 1.67. The molecule has 0 fully saturated rings. The summed E-state index contributed by atoms with van der Waals surface area (Å²) < 4.78 is 0. The quantitative estimate of drug-likeness (QED) is 0.509.